The Hall–Kier alpha value is -2.53. The Balaban J connectivity index is 2.08. The van der Waals surface area contributed by atoms with Crippen LogP contribution < -0.4 is 9.64 Å². The van der Waals surface area contributed by atoms with Gasteiger partial charge in [-0.2, -0.15) is 4.31 Å². The first-order valence-corrected chi connectivity index (χ1v) is 14.2. The summed E-state index contributed by atoms with van der Waals surface area (Å²) in [6, 6.07) is 12.7. The van der Waals surface area contributed by atoms with Gasteiger partial charge in [-0.1, -0.05) is 18.2 Å². The first-order chi connectivity index (χ1) is 17.0. The summed E-state index contributed by atoms with van der Waals surface area (Å²) in [5, 5.41) is 0. The Morgan fingerprint density at radius 2 is 1.89 bits per heavy atom. The van der Waals surface area contributed by atoms with E-state index in [4.69, 9.17) is 14.2 Å². The van der Waals surface area contributed by atoms with E-state index in [2.05, 4.69) is 0 Å². The van der Waals surface area contributed by atoms with E-state index >= 15 is 0 Å². The molecule has 0 aromatic heterocycles. The van der Waals surface area contributed by atoms with Crippen LogP contribution in [0.1, 0.15) is 27.2 Å². The molecular weight excluding hydrogens is 500 g/mol. The van der Waals surface area contributed by atoms with Crippen molar-refractivity contribution < 1.29 is 27.4 Å². The summed E-state index contributed by atoms with van der Waals surface area (Å²) in [6.45, 7) is 6.22. The molecule has 0 amide bonds. The number of fused-ring (bicyclic) bond motifs is 1. The van der Waals surface area contributed by atoms with Crippen molar-refractivity contribution in [2.24, 2.45) is 0 Å². The molecule has 0 spiro atoms. The largest absolute Gasteiger partial charge is 0.464 e. The fraction of sp³-hybridized carbons (Fsp3) is 0.423. The second-order valence-electron chi connectivity index (χ2n) is 9.33. The van der Waals surface area contributed by atoms with E-state index < -0.39 is 21.6 Å². The third-order valence-electron chi connectivity index (χ3n) is 5.63. The number of anilines is 2. The van der Waals surface area contributed by atoms with Crippen LogP contribution in [0.2, 0.25) is 0 Å². The predicted octanol–water partition coefficient (Wildman–Crippen LogP) is 4.82. The first kappa shape index (κ1) is 28.0. The minimum absolute atomic E-state index is 0.132. The molecule has 10 heteroatoms. The summed E-state index contributed by atoms with van der Waals surface area (Å²) in [4.78, 5) is 14.9. The van der Waals surface area contributed by atoms with E-state index in [9.17, 15) is 13.2 Å². The standard InChI is InChI=1S/C26H34N2O6S2/c1-26(2,3)34-25(29)13-15-33-22-17-24-21(16-23(22)35-6)28(19-10-8-7-9-11-19)18-20(12-14-32-5)27(4)36(24,30)31/h7-11,13,15-17,20H,12,14,18H2,1-6H3/b15-13+. The number of nitrogens with zero attached hydrogens (tertiary/aromatic N) is 2. The second-order valence-corrected chi connectivity index (χ2v) is 12.1. The molecule has 1 unspecified atom stereocenters. The molecule has 0 N–H and O–H groups in total. The van der Waals surface area contributed by atoms with Crippen LogP contribution in [0.25, 0.3) is 0 Å². The SMILES string of the molecule is COCCC1CN(c2ccccc2)c2cc(SC)c(O/C=C/C(=O)OC(C)(C)C)cc2S(=O)(=O)N1C. The highest BCUT2D eigenvalue weighted by molar-refractivity contribution is 7.98. The molecule has 1 aliphatic heterocycles. The van der Waals surface area contributed by atoms with Crippen LogP contribution in [0.15, 0.2) is 64.6 Å². The van der Waals surface area contributed by atoms with Crippen molar-refractivity contribution >= 4 is 39.1 Å². The quantitative estimate of drug-likeness (QED) is 0.206. The van der Waals surface area contributed by atoms with Crippen molar-refractivity contribution in [3.63, 3.8) is 0 Å². The minimum atomic E-state index is -3.86. The van der Waals surface area contributed by atoms with Gasteiger partial charge in [0.15, 0.2) is 0 Å². The van der Waals surface area contributed by atoms with Crippen molar-refractivity contribution in [1.82, 2.24) is 4.31 Å². The van der Waals surface area contributed by atoms with Gasteiger partial charge in [0.2, 0.25) is 10.0 Å². The zero-order valence-electron chi connectivity index (χ0n) is 21.6. The van der Waals surface area contributed by atoms with E-state index in [0.29, 0.717) is 31.0 Å². The van der Waals surface area contributed by atoms with Gasteiger partial charge in [-0.15, -0.1) is 11.8 Å². The number of ether oxygens (including phenoxy) is 3. The maximum absolute atomic E-state index is 13.8. The zero-order chi connectivity index (χ0) is 26.5. The molecule has 0 bridgehead atoms. The lowest BCUT2D eigenvalue weighted by atomic mass is 10.1. The lowest BCUT2D eigenvalue weighted by Gasteiger charge is -2.29. The third kappa shape index (κ3) is 6.61. The average Bonchev–Trinajstić information content (AvgIpc) is 2.90. The molecule has 0 fully saturated rings. The molecule has 2 aromatic rings. The highest BCUT2D eigenvalue weighted by Crippen LogP contribution is 2.43. The Morgan fingerprint density at radius 1 is 1.19 bits per heavy atom. The van der Waals surface area contributed by atoms with Crippen molar-refractivity contribution in [2.45, 2.75) is 48.6 Å². The van der Waals surface area contributed by atoms with Gasteiger partial charge in [-0.3, -0.25) is 0 Å². The van der Waals surface area contributed by atoms with Crippen molar-refractivity contribution in [3.05, 3.63) is 54.8 Å². The lowest BCUT2D eigenvalue weighted by Crippen LogP contribution is -2.41. The topological polar surface area (TPSA) is 85.4 Å². The monoisotopic (exact) mass is 534 g/mol. The number of methoxy groups -OCH3 is 1. The van der Waals surface area contributed by atoms with Gasteiger partial charge in [-0.05, 0) is 51.6 Å². The number of hydrogen-bond donors (Lipinski definition) is 0. The van der Waals surface area contributed by atoms with Gasteiger partial charge >= 0.3 is 5.97 Å². The molecule has 3 rings (SSSR count). The maximum atomic E-state index is 13.8. The van der Waals surface area contributed by atoms with Crippen LogP contribution >= 0.6 is 11.8 Å². The van der Waals surface area contributed by atoms with Gasteiger partial charge in [0, 0.05) is 45.1 Å². The summed E-state index contributed by atoms with van der Waals surface area (Å²) in [7, 11) is -0.658. The molecule has 8 nitrogen and oxygen atoms in total. The smallest absolute Gasteiger partial charge is 0.334 e. The number of hydrogen-bond acceptors (Lipinski definition) is 8. The molecule has 1 aliphatic rings. The number of thioether (sulfide) groups is 1. The number of esters is 1. The lowest BCUT2D eigenvalue weighted by molar-refractivity contribution is -0.148. The molecule has 196 valence electrons. The Kier molecular flexibility index (Phi) is 9.10. The molecule has 2 aromatic carbocycles. The Morgan fingerprint density at radius 3 is 2.50 bits per heavy atom. The van der Waals surface area contributed by atoms with Crippen LogP contribution in [-0.2, 0) is 24.3 Å². The van der Waals surface area contributed by atoms with Gasteiger partial charge in [0.05, 0.1) is 22.9 Å². The minimum Gasteiger partial charge on any atom is -0.464 e. The molecule has 0 radical (unpaired) electrons. The molecule has 0 aliphatic carbocycles. The van der Waals surface area contributed by atoms with E-state index in [1.807, 2.05) is 47.6 Å². The fourth-order valence-electron chi connectivity index (χ4n) is 3.85. The van der Waals surface area contributed by atoms with E-state index in [0.717, 1.165) is 10.6 Å². The van der Waals surface area contributed by atoms with Gasteiger partial charge in [-0.25, -0.2) is 13.2 Å². The van der Waals surface area contributed by atoms with Crippen LogP contribution in [0, 0.1) is 0 Å². The zero-order valence-corrected chi connectivity index (χ0v) is 23.2. The molecule has 1 atom stereocenters. The van der Waals surface area contributed by atoms with Gasteiger partial charge in [0.1, 0.15) is 16.2 Å². The number of carbonyl (C=O) groups is 1. The molecule has 1 heterocycles. The van der Waals surface area contributed by atoms with E-state index in [1.165, 1.54) is 34.5 Å². The number of rotatable bonds is 8. The molecule has 0 saturated heterocycles. The highest BCUT2D eigenvalue weighted by atomic mass is 32.2. The summed E-state index contributed by atoms with van der Waals surface area (Å²) in [6.07, 6.45) is 4.83. The van der Waals surface area contributed by atoms with Gasteiger partial charge < -0.3 is 19.1 Å². The van der Waals surface area contributed by atoms with Gasteiger partial charge in [0.25, 0.3) is 0 Å². The van der Waals surface area contributed by atoms with Crippen LogP contribution in [0.3, 0.4) is 0 Å². The molecular formula is C26H34N2O6S2. The number of benzene rings is 2. The third-order valence-corrected chi connectivity index (χ3v) is 8.33. The normalized spacial score (nSPS) is 18.1. The Bertz CT molecular complexity index is 1190. The maximum Gasteiger partial charge on any atom is 0.334 e. The Labute approximate surface area is 218 Å². The van der Waals surface area contributed by atoms with Crippen molar-refractivity contribution in [3.8, 4) is 5.75 Å². The number of likely N-dealkylation sites (N-methyl/N-ethyl adjacent to an activating group) is 1. The van der Waals surface area contributed by atoms with Crippen molar-refractivity contribution in [2.75, 3.05) is 38.5 Å². The van der Waals surface area contributed by atoms with Crippen LogP contribution in [-0.4, -0.2) is 63.9 Å². The fourth-order valence-corrected chi connectivity index (χ4v) is 5.96. The average molecular weight is 535 g/mol. The number of sulfonamides is 1. The highest BCUT2D eigenvalue weighted by Gasteiger charge is 2.37. The summed E-state index contributed by atoms with van der Waals surface area (Å²) in [5.74, 6) is -0.215. The van der Waals surface area contributed by atoms with E-state index in [-0.39, 0.29) is 10.9 Å². The molecule has 36 heavy (non-hydrogen) atoms. The predicted molar refractivity (Wildman–Crippen MR) is 143 cm³/mol. The first-order valence-electron chi connectivity index (χ1n) is 11.6. The second kappa shape index (κ2) is 11.7. The summed E-state index contributed by atoms with van der Waals surface area (Å²) >= 11 is 1.43. The molecule has 0 saturated carbocycles. The van der Waals surface area contributed by atoms with E-state index in [1.54, 1.807) is 34.9 Å². The van der Waals surface area contributed by atoms with Crippen LogP contribution in [0.5, 0.6) is 5.75 Å². The summed E-state index contributed by atoms with van der Waals surface area (Å²) in [5.41, 5.74) is 0.826. The van der Waals surface area contributed by atoms with Crippen LogP contribution in [0.4, 0.5) is 11.4 Å². The number of carbonyl (C=O) groups excluding carboxylic acids is 1. The summed E-state index contributed by atoms with van der Waals surface area (Å²) < 4.78 is 45.2. The number of para-hydroxylation sites is 1. The van der Waals surface area contributed by atoms with Crippen molar-refractivity contribution in [1.29, 1.82) is 0 Å².